The van der Waals surface area contributed by atoms with Gasteiger partial charge < -0.3 is 14.5 Å². The van der Waals surface area contributed by atoms with E-state index in [1.165, 1.54) is 16.8 Å². The van der Waals surface area contributed by atoms with Crippen molar-refractivity contribution in [1.29, 1.82) is 0 Å². The van der Waals surface area contributed by atoms with Gasteiger partial charge in [0.15, 0.2) is 5.82 Å². The first-order valence-electron chi connectivity index (χ1n) is 10.5. The molecular weight excluding hydrogens is 388 g/mol. The summed E-state index contributed by atoms with van der Waals surface area (Å²) < 4.78 is 7.84. The van der Waals surface area contributed by atoms with Crippen molar-refractivity contribution in [1.82, 2.24) is 14.7 Å². The summed E-state index contributed by atoms with van der Waals surface area (Å²) in [4.78, 5) is 16.3. The number of halogens is 1. The molecule has 29 heavy (non-hydrogen) atoms. The molecule has 1 aromatic heterocycles. The summed E-state index contributed by atoms with van der Waals surface area (Å²) in [5.74, 6) is 1.59. The van der Waals surface area contributed by atoms with Crippen LogP contribution >= 0.6 is 11.6 Å². The zero-order valence-electron chi connectivity index (χ0n) is 17.0. The Morgan fingerprint density at radius 2 is 2.14 bits per heavy atom. The summed E-state index contributed by atoms with van der Waals surface area (Å²) in [6.45, 7) is 7.69. The molecule has 0 aliphatic carbocycles. The largest absolute Gasteiger partial charge is 0.379 e. The molecule has 7 heteroatoms. The van der Waals surface area contributed by atoms with Crippen LogP contribution in [0.4, 0.5) is 11.5 Å². The lowest BCUT2D eigenvalue weighted by Crippen LogP contribution is -2.36. The van der Waals surface area contributed by atoms with Crippen LogP contribution in [0.2, 0.25) is 5.02 Å². The third-order valence-corrected chi connectivity index (χ3v) is 6.85. The topological polar surface area (TPSA) is 50.6 Å². The Labute approximate surface area is 176 Å². The molecule has 1 amide bonds. The number of carbonyl (C=O) groups is 1. The first kappa shape index (κ1) is 18.9. The van der Waals surface area contributed by atoms with Crippen molar-refractivity contribution in [2.75, 3.05) is 31.2 Å². The number of benzene rings is 1. The highest BCUT2D eigenvalue weighted by molar-refractivity contribution is 6.30. The summed E-state index contributed by atoms with van der Waals surface area (Å²) in [5, 5.41) is 5.87. The Morgan fingerprint density at radius 1 is 1.28 bits per heavy atom. The standard InChI is InChI=1S/C22H27ClN4O2/c1-14-5-9-26(21-11-16(23)3-4-18(14)21)22-19-12-25(15(2)28)8-6-20(19)27(24-22)17-7-10-29-13-17/h3-4,11,14,17H,5-10,12-13H2,1-2H3. The maximum absolute atomic E-state index is 12.1. The van der Waals surface area contributed by atoms with Gasteiger partial charge in [-0.25, -0.2) is 0 Å². The van der Waals surface area contributed by atoms with E-state index in [-0.39, 0.29) is 11.9 Å². The zero-order chi connectivity index (χ0) is 20.1. The fourth-order valence-corrected chi connectivity index (χ4v) is 5.08. The molecule has 3 aliphatic heterocycles. The van der Waals surface area contributed by atoms with Crippen molar-refractivity contribution in [2.45, 2.75) is 51.6 Å². The summed E-state index contributed by atoms with van der Waals surface area (Å²) in [6.07, 6.45) is 2.90. The monoisotopic (exact) mass is 414 g/mol. The smallest absolute Gasteiger partial charge is 0.219 e. The molecular formula is C22H27ClN4O2. The van der Waals surface area contributed by atoms with Crippen LogP contribution in [0.5, 0.6) is 0 Å². The molecule has 3 aliphatic rings. The number of nitrogens with zero attached hydrogens (tertiary/aromatic N) is 4. The second-order valence-electron chi connectivity index (χ2n) is 8.45. The number of fused-ring (bicyclic) bond motifs is 2. The Balaban J connectivity index is 1.63. The van der Waals surface area contributed by atoms with Crippen molar-refractivity contribution in [3.05, 3.63) is 40.0 Å². The first-order valence-corrected chi connectivity index (χ1v) is 10.9. The number of carbonyl (C=O) groups excluding carboxylic acids is 1. The average Bonchev–Trinajstić information content (AvgIpc) is 3.35. The van der Waals surface area contributed by atoms with Gasteiger partial charge in [-0.1, -0.05) is 24.6 Å². The van der Waals surface area contributed by atoms with Gasteiger partial charge in [-0.05, 0) is 36.5 Å². The normalized spacial score (nSPS) is 23.8. The molecule has 2 atom stereocenters. The Bertz CT molecular complexity index is 951. The van der Waals surface area contributed by atoms with Gasteiger partial charge in [0.2, 0.25) is 5.91 Å². The summed E-state index contributed by atoms with van der Waals surface area (Å²) in [7, 11) is 0. The number of amides is 1. The highest BCUT2D eigenvalue weighted by atomic mass is 35.5. The van der Waals surface area contributed by atoms with E-state index in [9.17, 15) is 4.79 Å². The lowest BCUT2D eigenvalue weighted by molar-refractivity contribution is -0.129. The second-order valence-corrected chi connectivity index (χ2v) is 8.88. The van der Waals surface area contributed by atoms with E-state index in [0.717, 1.165) is 55.5 Å². The molecule has 0 saturated carbocycles. The highest BCUT2D eigenvalue weighted by Gasteiger charge is 2.34. The minimum atomic E-state index is 0.120. The predicted molar refractivity (Wildman–Crippen MR) is 113 cm³/mol. The van der Waals surface area contributed by atoms with Crippen LogP contribution in [0.15, 0.2) is 18.2 Å². The van der Waals surface area contributed by atoms with Gasteiger partial charge in [-0.3, -0.25) is 9.48 Å². The fourth-order valence-electron chi connectivity index (χ4n) is 4.92. The number of anilines is 2. The molecule has 0 bridgehead atoms. The first-order chi connectivity index (χ1) is 14.0. The quantitative estimate of drug-likeness (QED) is 0.743. The van der Waals surface area contributed by atoms with Gasteiger partial charge in [-0.15, -0.1) is 0 Å². The SMILES string of the molecule is CC(=O)N1CCc2c(c(N3CCC(C)c4ccc(Cl)cc43)nn2C2CCOC2)C1. The molecule has 6 nitrogen and oxygen atoms in total. The Hall–Kier alpha value is -2.05. The van der Waals surface area contributed by atoms with Crippen LogP contribution in [0, 0.1) is 0 Å². The van der Waals surface area contributed by atoms with E-state index >= 15 is 0 Å². The third-order valence-electron chi connectivity index (χ3n) is 6.62. The molecule has 1 saturated heterocycles. The van der Waals surface area contributed by atoms with Crippen LogP contribution in [-0.4, -0.2) is 46.9 Å². The Morgan fingerprint density at radius 3 is 2.90 bits per heavy atom. The molecule has 0 radical (unpaired) electrons. The number of rotatable bonds is 2. The lowest BCUT2D eigenvalue weighted by atomic mass is 9.91. The molecule has 2 aromatic rings. The number of hydrogen-bond donors (Lipinski definition) is 0. The molecule has 5 rings (SSSR count). The van der Waals surface area contributed by atoms with Gasteiger partial charge in [0.25, 0.3) is 0 Å². The molecule has 1 fully saturated rings. The van der Waals surface area contributed by atoms with Gasteiger partial charge >= 0.3 is 0 Å². The highest BCUT2D eigenvalue weighted by Crippen LogP contribution is 2.43. The Kier molecular flexibility index (Phi) is 4.79. The second kappa shape index (κ2) is 7.33. The number of hydrogen-bond acceptors (Lipinski definition) is 4. The third kappa shape index (κ3) is 3.22. The van der Waals surface area contributed by atoms with Crippen molar-refractivity contribution in [2.24, 2.45) is 0 Å². The molecule has 0 N–H and O–H groups in total. The maximum atomic E-state index is 12.1. The van der Waals surface area contributed by atoms with Crippen molar-refractivity contribution >= 4 is 29.0 Å². The molecule has 154 valence electrons. The molecule has 0 spiro atoms. The van der Waals surface area contributed by atoms with E-state index in [0.29, 0.717) is 19.1 Å². The summed E-state index contributed by atoms with van der Waals surface area (Å²) in [6, 6.07) is 6.46. The van der Waals surface area contributed by atoms with E-state index in [2.05, 4.69) is 28.6 Å². The molecule has 1 aromatic carbocycles. The van der Waals surface area contributed by atoms with E-state index in [1.807, 2.05) is 11.0 Å². The lowest BCUT2D eigenvalue weighted by Gasteiger charge is -2.35. The van der Waals surface area contributed by atoms with Crippen LogP contribution in [0.3, 0.4) is 0 Å². The molecule has 2 unspecified atom stereocenters. The van der Waals surface area contributed by atoms with Crippen LogP contribution in [-0.2, 0) is 22.5 Å². The maximum Gasteiger partial charge on any atom is 0.219 e. The van der Waals surface area contributed by atoms with Gasteiger partial charge in [0.1, 0.15) is 0 Å². The predicted octanol–water partition coefficient (Wildman–Crippen LogP) is 4.05. The number of aromatic nitrogens is 2. The summed E-state index contributed by atoms with van der Waals surface area (Å²) in [5.41, 5.74) is 4.90. The van der Waals surface area contributed by atoms with Gasteiger partial charge in [-0.2, -0.15) is 5.10 Å². The van der Waals surface area contributed by atoms with E-state index < -0.39 is 0 Å². The van der Waals surface area contributed by atoms with Crippen molar-refractivity contribution in [3.8, 4) is 0 Å². The minimum Gasteiger partial charge on any atom is -0.379 e. The van der Waals surface area contributed by atoms with Crippen LogP contribution in [0.1, 0.15) is 55.5 Å². The van der Waals surface area contributed by atoms with Crippen molar-refractivity contribution in [3.63, 3.8) is 0 Å². The van der Waals surface area contributed by atoms with Gasteiger partial charge in [0, 0.05) is 55.0 Å². The fraction of sp³-hybridized carbons (Fsp3) is 0.545. The average molecular weight is 415 g/mol. The van der Waals surface area contributed by atoms with E-state index in [4.69, 9.17) is 21.4 Å². The van der Waals surface area contributed by atoms with E-state index in [1.54, 1.807) is 6.92 Å². The van der Waals surface area contributed by atoms with Crippen LogP contribution in [0.25, 0.3) is 0 Å². The summed E-state index contributed by atoms with van der Waals surface area (Å²) >= 11 is 6.37. The molecule has 4 heterocycles. The number of ether oxygens (including phenoxy) is 1. The van der Waals surface area contributed by atoms with Crippen molar-refractivity contribution < 1.29 is 9.53 Å². The van der Waals surface area contributed by atoms with Crippen LogP contribution < -0.4 is 4.90 Å². The van der Waals surface area contributed by atoms with Gasteiger partial charge in [0.05, 0.1) is 19.2 Å². The minimum absolute atomic E-state index is 0.120. The zero-order valence-corrected chi connectivity index (χ0v) is 17.8.